The molecular weight excluding hydrogens is 133 g/mol. The maximum atomic E-state index is 12.7. The molecule has 0 aromatic heterocycles. The second kappa shape index (κ2) is 3.88. The molecule has 3 heteroatoms. The molecule has 1 unspecified atom stereocenters. The van der Waals surface area contributed by atoms with Gasteiger partial charge in [-0.2, -0.15) is 0 Å². The van der Waals surface area contributed by atoms with Gasteiger partial charge in [0.05, 0.1) is 6.61 Å². The smallest absolute Gasteiger partial charge is 0.105 e. The minimum Gasteiger partial charge on any atom is -0.395 e. The van der Waals surface area contributed by atoms with Gasteiger partial charge in [-0.3, -0.25) is 0 Å². The average molecular weight is 149 g/mol. The fourth-order valence-electron chi connectivity index (χ4n) is 0.620. The molecule has 0 saturated carbocycles. The summed E-state index contributed by atoms with van der Waals surface area (Å²) in [5, 5.41) is 8.48. The van der Waals surface area contributed by atoms with Crippen LogP contribution in [0.4, 0.5) is 4.39 Å². The Morgan fingerprint density at radius 2 is 2.10 bits per heavy atom. The first kappa shape index (κ1) is 9.85. The lowest BCUT2D eigenvalue weighted by Crippen LogP contribution is -2.27. The van der Waals surface area contributed by atoms with Gasteiger partial charge in [0.15, 0.2) is 0 Å². The van der Waals surface area contributed by atoms with Crippen molar-refractivity contribution in [3.8, 4) is 0 Å². The summed E-state index contributed by atoms with van der Waals surface area (Å²) in [6.07, 6.45) is 0.953. The van der Waals surface area contributed by atoms with Gasteiger partial charge in [0.1, 0.15) is 5.67 Å². The number of nitrogens with two attached hydrogens (primary N) is 1. The molecule has 0 saturated heterocycles. The molecule has 0 amide bonds. The van der Waals surface area contributed by atoms with E-state index in [4.69, 9.17) is 10.8 Å². The van der Waals surface area contributed by atoms with Crippen LogP contribution in [0, 0.1) is 0 Å². The highest BCUT2D eigenvalue weighted by Gasteiger charge is 2.16. The Morgan fingerprint density at radius 1 is 1.60 bits per heavy atom. The van der Waals surface area contributed by atoms with Crippen LogP contribution >= 0.6 is 0 Å². The average Bonchev–Trinajstić information content (AvgIpc) is 1.81. The Balaban J connectivity index is 3.36. The first-order valence-electron chi connectivity index (χ1n) is 3.51. The van der Waals surface area contributed by atoms with Crippen molar-refractivity contribution in [1.29, 1.82) is 0 Å². The second-order valence-electron chi connectivity index (χ2n) is 3.20. The quantitative estimate of drug-likeness (QED) is 0.622. The molecule has 0 bridgehead atoms. The Labute approximate surface area is 61.2 Å². The molecule has 3 N–H and O–H groups in total. The van der Waals surface area contributed by atoms with Crippen molar-refractivity contribution < 1.29 is 9.50 Å². The van der Waals surface area contributed by atoms with Crippen molar-refractivity contribution >= 4 is 0 Å². The lowest BCUT2D eigenvalue weighted by Gasteiger charge is -2.15. The summed E-state index contributed by atoms with van der Waals surface area (Å²) in [7, 11) is 0. The molecule has 0 aromatic rings. The predicted molar refractivity (Wildman–Crippen MR) is 39.5 cm³/mol. The molecule has 0 aliphatic rings. The maximum absolute atomic E-state index is 12.7. The highest BCUT2D eigenvalue weighted by Crippen LogP contribution is 2.16. The number of hydrogen-bond acceptors (Lipinski definition) is 2. The summed E-state index contributed by atoms with van der Waals surface area (Å²) in [5.74, 6) is 0. The number of halogens is 1. The number of hydrogen-bond donors (Lipinski definition) is 2. The zero-order chi connectivity index (χ0) is 8.20. The molecule has 10 heavy (non-hydrogen) atoms. The van der Waals surface area contributed by atoms with E-state index in [9.17, 15) is 4.39 Å². The molecule has 0 radical (unpaired) electrons. The normalized spacial score (nSPS) is 15.3. The van der Waals surface area contributed by atoms with E-state index in [1.54, 1.807) is 0 Å². The van der Waals surface area contributed by atoms with E-state index in [0.29, 0.717) is 12.8 Å². The van der Waals surface area contributed by atoms with E-state index in [0.717, 1.165) is 0 Å². The van der Waals surface area contributed by atoms with Crippen LogP contribution in [0.15, 0.2) is 0 Å². The van der Waals surface area contributed by atoms with Crippen molar-refractivity contribution in [2.45, 2.75) is 38.4 Å². The Hall–Kier alpha value is -0.150. The van der Waals surface area contributed by atoms with Crippen LogP contribution in [0.3, 0.4) is 0 Å². The highest BCUT2D eigenvalue weighted by molar-refractivity contribution is 4.69. The lowest BCUT2D eigenvalue weighted by molar-refractivity contribution is 0.179. The predicted octanol–water partition coefficient (Wildman–Crippen LogP) is 0.834. The fraction of sp³-hybridized carbons (Fsp3) is 1.00. The summed E-state index contributed by atoms with van der Waals surface area (Å²) in [4.78, 5) is 0. The van der Waals surface area contributed by atoms with E-state index >= 15 is 0 Å². The molecule has 2 nitrogen and oxygen atoms in total. The van der Waals surface area contributed by atoms with Crippen molar-refractivity contribution in [3.63, 3.8) is 0 Å². The van der Waals surface area contributed by atoms with Crippen LogP contribution in [0.2, 0.25) is 0 Å². The Morgan fingerprint density at radius 3 is 2.40 bits per heavy atom. The molecule has 1 atom stereocenters. The van der Waals surface area contributed by atoms with Crippen LogP contribution in [0.1, 0.15) is 26.7 Å². The zero-order valence-corrected chi connectivity index (χ0v) is 6.60. The minimum atomic E-state index is -1.16. The topological polar surface area (TPSA) is 46.2 Å². The fourth-order valence-corrected chi connectivity index (χ4v) is 0.620. The van der Waals surface area contributed by atoms with E-state index in [2.05, 4.69) is 0 Å². The van der Waals surface area contributed by atoms with Gasteiger partial charge >= 0.3 is 0 Å². The van der Waals surface area contributed by atoms with Crippen molar-refractivity contribution in [2.24, 2.45) is 5.73 Å². The van der Waals surface area contributed by atoms with E-state index < -0.39 is 5.67 Å². The van der Waals surface area contributed by atoms with Gasteiger partial charge in [-0.15, -0.1) is 0 Å². The van der Waals surface area contributed by atoms with E-state index in [1.165, 1.54) is 13.8 Å². The van der Waals surface area contributed by atoms with Crippen LogP contribution in [0.25, 0.3) is 0 Å². The Kier molecular flexibility index (Phi) is 3.83. The molecule has 0 aromatic carbocycles. The third-order valence-electron chi connectivity index (χ3n) is 1.34. The van der Waals surface area contributed by atoms with Crippen LogP contribution in [-0.2, 0) is 0 Å². The first-order valence-corrected chi connectivity index (χ1v) is 3.51. The lowest BCUT2D eigenvalue weighted by atomic mass is 10.0. The number of rotatable bonds is 4. The number of aliphatic hydroxyl groups excluding tert-OH is 1. The van der Waals surface area contributed by atoms with E-state index in [1.807, 2.05) is 0 Å². The maximum Gasteiger partial charge on any atom is 0.105 e. The van der Waals surface area contributed by atoms with Crippen LogP contribution in [0.5, 0.6) is 0 Å². The summed E-state index contributed by atoms with van der Waals surface area (Å²) in [6, 6.07) is -0.268. The highest BCUT2D eigenvalue weighted by atomic mass is 19.1. The molecule has 0 aliphatic heterocycles. The van der Waals surface area contributed by atoms with Gasteiger partial charge in [-0.25, -0.2) is 4.39 Å². The van der Waals surface area contributed by atoms with Gasteiger partial charge in [0.25, 0.3) is 0 Å². The summed E-state index contributed by atoms with van der Waals surface area (Å²) in [5.41, 5.74) is 4.20. The van der Waals surface area contributed by atoms with Crippen LogP contribution < -0.4 is 5.73 Å². The number of aliphatic hydroxyl groups is 1. The largest absolute Gasteiger partial charge is 0.395 e. The van der Waals surface area contributed by atoms with Crippen molar-refractivity contribution in [2.75, 3.05) is 6.61 Å². The second-order valence-corrected chi connectivity index (χ2v) is 3.20. The van der Waals surface area contributed by atoms with Gasteiger partial charge in [-0.05, 0) is 26.7 Å². The van der Waals surface area contributed by atoms with Gasteiger partial charge < -0.3 is 10.8 Å². The van der Waals surface area contributed by atoms with Gasteiger partial charge in [-0.1, -0.05) is 0 Å². The van der Waals surface area contributed by atoms with Crippen LogP contribution in [-0.4, -0.2) is 23.4 Å². The molecule has 62 valence electrons. The standard InChI is InChI=1S/C7H16FNO/c1-7(2,8)4-3-6(9)5-10/h6,10H,3-5,9H2,1-2H3. The molecule has 0 spiro atoms. The molecular formula is C7H16FNO. The molecule has 0 fully saturated rings. The first-order chi connectivity index (χ1) is 4.45. The van der Waals surface area contributed by atoms with Crippen molar-refractivity contribution in [1.82, 2.24) is 0 Å². The minimum absolute atomic E-state index is 0.0594. The van der Waals surface area contributed by atoms with Crippen molar-refractivity contribution in [3.05, 3.63) is 0 Å². The van der Waals surface area contributed by atoms with Gasteiger partial charge in [0.2, 0.25) is 0 Å². The summed E-state index contributed by atoms with van der Waals surface area (Å²) in [6.45, 7) is 2.96. The zero-order valence-electron chi connectivity index (χ0n) is 6.60. The van der Waals surface area contributed by atoms with E-state index in [-0.39, 0.29) is 12.6 Å². The third kappa shape index (κ3) is 5.98. The van der Waals surface area contributed by atoms with Gasteiger partial charge in [0, 0.05) is 6.04 Å². The Bertz CT molecular complexity index is 90.1. The SMILES string of the molecule is CC(C)(F)CCC(N)CO. The molecule has 0 heterocycles. The summed E-state index contributed by atoms with van der Waals surface area (Å²) < 4.78 is 12.7. The third-order valence-corrected chi connectivity index (χ3v) is 1.34. The monoisotopic (exact) mass is 149 g/mol. The summed E-state index contributed by atoms with van der Waals surface area (Å²) >= 11 is 0. The number of alkyl halides is 1. The molecule has 0 aliphatic carbocycles. The molecule has 0 rings (SSSR count).